The maximum absolute atomic E-state index is 2.67. The van der Waals surface area contributed by atoms with Crippen LogP contribution in [0.25, 0.3) is 11.1 Å². The Labute approximate surface area is 248 Å². The van der Waals surface area contributed by atoms with E-state index in [1.807, 2.05) is 0 Å². The van der Waals surface area contributed by atoms with E-state index in [9.17, 15) is 0 Å². The van der Waals surface area contributed by atoms with Crippen LogP contribution < -0.4 is 0 Å². The molecule has 0 amide bonds. The molecule has 0 atom stereocenters. The summed E-state index contributed by atoms with van der Waals surface area (Å²) in [5.41, 5.74) is 15.1. The second kappa shape index (κ2) is 11.9. The molecule has 2 aliphatic carbocycles. The van der Waals surface area contributed by atoms with Gasteiger partial charge in [-0.15, -0.1) is 0 Å². The Kier molecular flexibility index (Phi) is 8.13. The van der Waals surface area contributed by atoms with E-state index >= 15 is 0 Å². The Hall–Kier alpha value is -2.89. The summed E-state index contributed by atoms with van der Waals surface area (Å²) in [6, 6.07) is 37.5. The standard InChI is InChI=1S/C17H17.C13H10.C9H13.Zr/c1-3-12-5-7-16-14(9-12)11-15-10-13(4-2)6-8-17(15)16;1-3-7-12(8-4-1)11-13-9-5-2-6-10-13;1-3-8-6-5-7-9(8)4-2;/h5-11H,3-4H2,1-2H3;1-10H;6H,3-4,7H2,1-2H3;. The topological polar surface area (TPSA) is 0 Å². The van der Waals surface area contributed by atoms with E-state index in [-0.39, 0.29) is 0 Å². The van der Waals surface area contributed by atoms with E-state index < -0.39 is 21.3 Å². The Morgan fingerprint density at radius 3 is 1.57 bits per heavy atom. The molecule has 0 radical (unpaired) electrons. The predicted molar refractivity (Wildman–Crippen MR) is 169 cm³/mol. The normalized spacial score (nSPS) is 14.2. The van der Waals surface area contributed by atoms with Crippen molar-refractivity contribution in [2.75, 3.05) is 0 Å². The van der Waals surface area contributed by atoms with Crippen LogP contribution in [0, 0.1) is 0 Å². The summed E-state index contributed by atoms with van der Waals surface area (Å²) >= 11 is -2.67. The van der Waals surface area contributed by atoms with Gasteiger partial charge in [-0.25, -0.2) is 0 Å². The van der Waals surface area contributed by atoms with Crippen LogP contribution in [0.3, 0.4) is 0 Å². The molecule has 0 fully saturated rings. The van der Waals surface area contributed by atoms with Gasteiger partial charge in [-0.1, -0.05) is 0 Å². The van der Waals surface area contributed by atoms with E-state index in [2.05, 4.69) is 131 Å². The third-order valence-electron chi connectivity index (χ3n) is 9.00. The van der Waals surface area contributed by atoms with E-state index in [4.69, 9.17) is 0 Å². The third-order valence-corrected chi connectivity index (χ3v) is 17.2. The Balaban J connectivity index is 1.73. The van der Waals surface area contributed by atoms with Gasteiger partial charge < -0.3 is 0 Å². The number of benzene rings is 4. The molecule has 200 valence electrons. The number of aryl methyl sites for hydroxylation is 2. The Morgan fingerprint density at radius 1 is 0.625 bits per heavy atom. The molecule has 0 N–H and O–H groups in total. The summed E-state index contributed by atoms with van der Waals surface area (Å²) < 4.78 is 3.89. The summed E-state index contributed by atoms with van der Waals surface area (Å²) in [7, 11) is 0. The van der Waals surface area contributed by atoms with Crippen molar-refractivity contribution in [2.45, 2.75) is 63.4 Å². The molecule has 1 heteroatoms. The van der Waals surface area contributed by atoms with Gasteiger partial charge in [-0.2, -0.15) is 0 Å². The monoisotopic (exact) mass is 598 g/mol. The SMILES string of the molecule is CCC1=C(CC)C[C]([Zr](=[C](c2ccccc2)c2ccccc2)[CH]2c3cc(CC)ccc3-c3ccc(CC)cc32)=C1. The predicted octanol–water partition coefficient (Wildman–Crippen LogP) is 10.2. The fourth-order valence-corrected chi connectivity index (χ4v) is 16.1. The van der Waals surface area contributed by atoms with Gasteiger partial charge in [0.2, 0.25) is 0 Å². The van der Waals surface area contributed by atoms with E-state index in [0.717, 1.165) is 25.7 Å². The summed E-state index contributed by atoms with van der Waals surface area (Å²) in [6.45, 7) is 9.28. The molecular weight excluding hydrogens is 560 g/mol. The van der Waals surface area contributed by atoms with Gasteiger partial charge in [-0.3, -0.25) is 0 Å². The summed E-state index contributed by atoms with van der Waals surface area (Å²) in [4.78, 5) is 0. The molecular formula is C39H40Zr. The van der Waals surface area contributed by atoms with Gasteiger partial charge in [-0.05, 0) is 0 Å². The van der Waals surface area contributed by atoms with E-state index in [0.29, 0.717) is 3.63 Å². The van der Waals surface area contributed by atoms with Crippen molar-refractivity contribution in [3.05, 3.63) is 151 Å². The zero-order chi connectivity index (χ0) is 27.6. The van der Waals surface area contributed by atoms with Crippen molar-refractivity contribution in [3.63, 3.8) is 0 Å². The first-order valence-electron chi connectivity index (χ1n) is 15.2. The van der Waals surface area contributed by atoms with Gasteiger partial charge in [0.05, 0.1) is 0 Å². The average Bonchev–Trinajstić information content (AvgIpc) is 3.58. The first-order chi connectivity index (χ1) is 19.7. The molecule has 6 rings (SSSR count). The van der Waals surface area contributed by atoms with Crippen molar-refractivity contribution in [3.8, 4) is 11.1 Å². The molecule has 0 nitrogen and oxygen atoms in total. The molecule has 0 aromatic heterocycles. The van der Waals surface area contributed by atoms with Gasteiger partial charge in [0.15, 0.2) is 0 Å². The first-order valence-corrected chi connectivity index (χ1v) is 19.1. The van der Waals surface area contributed by atoms with Gasteiger partial charge in [0.1, 0.15) is 0 Å². The minimum absolute atomic E-state index is 0.473. The van der Waals surface area contributed by atoms with Crippen LogP contribution in [-0.4, -0.2) is 3.21 Å². The second-order valence-electron chi connectivity index (χ2n) is 11.2. The van der Waals surface area contributed by atoms with Crippen LogP contribution in [0.5, 0.6) is 0 Å². The number of rotatable bonds is 8. The van der Waals surface area contributed by atoms with Crippen LogP contribution in [0.15, 0.2) is 118 Å². The van der Waals surface area contributed by atoms with Crippen LogP contribution in [-0.2, 0) is 34.1 Å². The fourth-order valence-electron chi connectivity index (χ4n) is 6.87. The summed E-state index contributed by atoms with van der Waals surface area (Å²) in [5.74, 6) is 0. The summed E-state index contributed by atoms with van der Waals surface area (Å²) in [6.07, 6.45) is 8.28. The third kappa shape index (κ3) is 4.92. The first kappa shape index (κ1) is 27.3. The molecule has 0 saturated carbocycles. The Morgan fingerprint density at radius 2 is 1.15 bits per heavy atom. The number of fused-ring (bicyclic) bond motifs is 3. The Bertz CT molecular complexity index is 1540. The average molecular weight is 600 g/mol. The van der Waals surface area contributed by atoms with Crippen LogP contribution >= 0.6 is 0 Å². The number of hydrogen-bond donors (Lipinski definition) is 0. The van der Waals surface area contributed by atoms with Crippen molar-refractivity contribution in [1.82, 2.24) is 0 Å². The molecule has 0 aliphatic heterocycles. The zero-order valence-corrected chi connectivity index (χ0v) is 26.9. The summed E-state index contributed by atoms with van der Waals surface area (Å²) in [5, 5.41) is 0. The molecule has 4 aromatic rings. The quantitative estimate of drug-likeness (QED) is 0.189. The molecule has 0 heterocycles. The fraction of sp³-hybridized carbons (Fsp3) is 0.256. The number of hydrogen-bond acceptors (Lipinski definition) is 0. The van der Waals surface area contributed by atoms with E-state index in [1.54, 1.807) is 28.8 Å². The van der Waals surface area contributed by atoms with Crippen LogP contribution in [0.2, 0.25) is 0 Å². The van der Waals surface area contributed by atoms with Crippen molar-refractivity contribution in [2.24, 2.45) is 0 Å². The molecule has 0 spiro atoms. The number of allylic oxidation sites excluding steroid dienone is 4. The van der Waals surface area contributed by atoms with Crippen molar-refractivity contribution < 1.29 is 21.3 Å². The maximum atomic E-state index is 2.67. The molecule has 0 bridgehead atoms. The molecule has 0 saturated heterocycles. The van der Waals surface area contributed by atoms with Crippen LogP contribution in [0.4, 0.5) is 0 Å². The molecule has 2 aliphatic rings. The van der Waals surface area contributed by atoms with E-state index in [1.165, 1.54) is 39.8 Å². The van der Waals surface area contributed by atoms with Crippen molar-refractivity contribution in [1.29, 1.82) is 0 Å². The molecule has 0 unspecified atom stereocenters. The second-order valence-corrected chi connectivity index (χ2v) is 17.4. The van der Waals surface area contributed by atoms with Gasteiger partial charge >= 0.3 is 250 Å². The van der Waals surface area contributed by atoms with Gasteiger partial charge in [0.25, 0.3) is 0 Å². The van der Waals surface area contributed by atoms with Gasteiger partial charge in [0, 0.05) is 0 Å². The van der Waals surface area contributed by atoms with Crippen molar-refractivity contribution >= 4 is 3.21 Å². The minimum atomic E-state index is -2.67. The molecule has 4 aromatic carbocycles. The molecule has 40 heavy (non-hydrogen) atoms. The van der Waals surface area contributed by atoms with Crippen LogP contribution in [0.1, 0.15) is 84.0 Å². The zero-order valence-electron chi connectivity index (χ0n) is 24.4.